The van der Waals surface area contributed by atoms with Crippen LogP contribution >= 0.6 is 0 Å². The summed E-state index contributed by atoms with van der Waals surface area (Å²) in [7, 11) is 1.56. The van der Waals surface area contributed by atoms with Crippen LogP contribution in [0.3, 0.4) is 0 Å². The zero-order chi connectivity index (χ0) is 18.4. The smallest absolute Gasteiger partial charge is 0.270 e. The van der Waals surface area contributed by atoms with E-state index in [0.717, 1.165) is 0 Å². The number of methoxy groups -OCH3 is 1. The number of nitrogens with one attached hydrogen (secondary N) is 3. The number of fused-ring (bicyclic) bond motifs is 1. The first-order valence-corrected chi connectivity index (χ1v) is 7.99. The third-order valence-electron chi connectivity index (χ3n) is 3.76. The van der Waals surface area contributed by atoms with Crippen LogP contribution in [-0.4, -0.2) is 30.5 Å². The number of amides is 2. The molecule has 0 aliphatic rings. The summed E-state index contributed by atoms with van der Waals surface area (Å²) < 4.78 is 5.20. The van der Waals surface area contributed by atoms with Gasteiger partial charge in [-0.15, -0.1) is 0 Å². The van der Waals surface area contributed by atoms with E-state index in [9.17, 15) is 9.59 Å². The second-order valence-corrected chi connectivity index (χ2v) is 5.43. The van der Waals surface area contributed by atoms with Gasteiger partial charge < -0.3 is 10.1 Å². The number of aromatic nitrogens is 1. The summed E-state index contributed by atoms with van der Waals surface area (Å²) in [6, 6.07) is 16.2. The number of hydrazine groups is 1. The molecule has 0 saturated heterocycles. The standard InChI is InChI=1S/C19H18N4O3/c1-26-17-9-5-4-8-16(17)21-12-18(24)22-23-19(25)14-10-11-20-15-7-3-2-6-13(14)15/h2-11,21H,12H2,1H3,(H,22,24)(H,23,25). The Morgan fingerprint density at radius 1 is 1.00 bits per heavy atom. The van der Waals surface area contributed by atoms with Gasteiger partial charge in [-0.1, -0.05) is 30.3 Å². The van der Waals surface area contributed by atoms with Crippen molar-refractivity contribution >= 4 is 28.4 Å². The van der Waals surface area contributed by atoms with Crippen LogP contribution in [0.2, 0.25) is 0 Å². The van der Waals surface area contributed by atoms with Crippen molar-refractivity contribution in [2.75, 3.05) is 19.0 Å². The first-order valence-electron chi connectivity index (χ1n) is 7.99. The Morgan fingerprint density at radius 2 is 1.77 bits per heavy atom. The lowest BCUT2D eigenvalue weighted by atomic mass is 10.1. The minimum absolute atomic E-state index is 0.0161. The van der Waals surface area contributed by atoms with Gasteiger partial charge in [-0.05, 0) is 24.3 Å². The summed E-state index contributed by atoms with van der Waals surface area (Å²) in [5, 5.41) is 3.68. The van der Waals surface area contributed by atoms with Gasteiger partial charge in [0, 0.05) is 11.6 Å². The van der Waals surface area contributed by atoms with E-state index < -0.39 is 5.91 Å². The van der Waals surface area contributed by atoms with Gasteiger partial charge >= 0.3 is 0 Å². The molecule has 132 valence electrons. The zero-order valence-corrected chi connectivity index (χ0v) is 14.2. The Morgan fingerprint density at radius 3 is 2.62 bits per heavy atom. The van der Waals surface area contributed by atoms with E-state index in [1.165, 1.54) is 0 Å². The van der Waals surface area contributed by atoms with Crippen molar-refractivity contribution in [1.29, 1.82) is 0 Å². The van der Waals surface area contributed by atoms with Gasteiger partial charge in [0.2, 0.25) is 0 Å². The van der Waals surface area contributed by atoms with E-state index in [1.54, 1.807) is 31.5 Å². The molecule has 0 spiro atoms. The highest BCUT2D eigenvalue weighted by Crippen LogP contribution is 2.22. The monoisotopic (exact) mass is 350 g/mol. The number of nitrogens with zero attached hydrogens (tertiary/aromatic N) is 1. The van der Waals surface area contributed by atoms with Crippen molar-refractivity contribution in [2.45, 2.75) is 0 Å². The van der Waals surface area contributed by atoms with Crippen LogP contribution in [0.5, 0.6) is 5.75 Å². The summed E-state index contributed by atoms with van der Waals surface area (Å²) >= 11 is 0. The maximum Gasteiger partial charge on any atom is 0.270 e. The molecule has 0 saturated carbocycles. The molecule has 7 heteroatoms. The molecule has 26 heavy (non-hydrogen) atoms. The fourth-order valence-corrected chi connectivity index (χ4v) is 2.50. The highest BCUT2D eigenvalue weighted by Gasteiger charge is 2.11. The van der Waals surface area contributed by atoms with E-state index in [-0.39, 0.29) is 12.5 Å². The predicted molar refractivity (Wildman–Crippen MR) is 98.8 cm³/mol. The molecule has 0 aliphatic heterocycles. The average Bonchev–Trinajstić information content (AvgIpc) is 2.70. The number of carbonyl (C=O) groups is 2. The average molecular weight is 350 g/mol. The maximum atomic E-state index is 12.3. The maximum absolute atomic E-state index is 12.3. The van der Waals surface area contributed by atoms with Crippen molar-refractivity contribution in [1.82, 2.24) is 15.8 Å². The van der Waals surface area contributed by atoms with Crippen LogP contribution in [-0.2, 0) is 4.79 Å². The summed E-state index contributed by atoms with van der Waals surface area (Å²) in [6.07, 6.45) is 1.56. The van der Waals surface area contributed by atoms with Gasteiger partial charge in [-0.2, -0.15) is 0 Å². The molecule has 0 atom stereocenters. The molecule has 1 heterocycles. The lowest BCUT2D eigenvalue weighted by Gasteiger charge is -2.12. The van der Waals surface area contributed by atoms with E-state index in [2.05, 4.69) is 21.2 Å². The van der Waals surface area contributed by atoms with Crippen molar-refractivity contribution < 1.29 is 14.3 Å². The van der Waals surface area contributed by atoms with Gasteiger partial charge in [0.05, 0.1) is 30.4 Å². The summed E-state index contributed by atoms with van der Waals surface area (Å²) in [5.74, 6) is -0.163. The Bertz CT molecular complexity index is 937. The number of hydrogen-bond acceptors (Lipinski definition) is 5. The molecule has 0 aliphatic carbocycles. The number of anilines is 1. The Hall–Kier alpha value is -3.61. The number of carbonyl (C=O) groups excluding carboxylic acids is 2. The third-order valence-corrected chi connectivity index (χ3v) is 3.76. The van der Waals surface area contributed by atoms with Gasteiger partial charge in [-0.3, -0.25) is 25.4 Å². The minimum Gasteiger partial charge on any atom is -0.495 e. The van der Waals surface area contributed by atoms with Crippen LogP contribution in [0.25, 0.3) is 10.9 Å². The van der Waals surface area contributed by atoms with Gasteiger partial charge in [0.15, 0.2) is 0 Å². The fraction of sp³-hybridized carbons (Fsp3) is 0.105. The largest absolute Gasteiger partial charge is 0.495 e. The highest BCUT2D eigenvalue weighted by molar-refractivity contribution is 6.06. The van der Waals surface area contributed by atoms with E-state index in [4.69, 9.17) is 4.74 Å². The van der Waals surface area contributed by atoms with E-state index >= 15 is 0 Å². The first-order chi connectivity index (χ1) is 12.7. The number of pyridine rings is 1. The van der Waals surface area contributed by atoms with Crippen LogP contribution in [0.1, 0.15) is 10.4 Å². The van der Waals surface area contributed by atoms with E-state index in [1.807, 2.05) is 36.4 Å². The third kappa shape index (κ3) is 3.89. The minimum atomic E-state index is -0.408. The lowest BCUT2D eigenvalue weighted by molar-refractivity contribution is -0.120. The van der Waals surface area contributed by atoms with Crippen molar-refractivity contribution in [3.63, 3.8) is 0 Å². The number of benzene rings is 2. The zero-order valence-electron chi connectivity index (χ0n) is 14.2. The van der Waals surface area contributed by atoms with Crippen LogP contribution < -0.4 is 20.9 Å². The Labute approximate surface area is 150 Å². The molecule has 3 N–H and O–H groups in total. The van der Waals surface area contributed by atoms with Crippen LogP contribution in [0, 0.1) is 0 Å². The number of hydrogen-bond donors (Lipinski definition) is 3. The number of rotatable bonds is 5. The fourth-order valence-electron chi connectivity index (χ4n) is 2.50. The molecule has 1 aromatic heterocycles. The molecule has 0 fully saturated rings. The molecule has 7 nitrogen and oxygen atoms in total. The Kier molecular flexibility index (Phi) is 5.28. The quantitative estimate of drug-likeness (QED) is 0.613. The molecule has 2 amide bonds. The molecular formula is C19H18N4O3. The molecule has 2 aromatic carbocycles. The van der Waals surface area contributed by atoms with Crippen molar-refractivity contribution in [3.8, 4) is 5.75 Å². The number of ether oxygens (including phenoxy) is 1. The van der Waals surface area contributed by atoms with Crippen molar-refractivity contribution in [2.24, 2.45) is 0 Å². The SMILES string of the molecule is COc1ccccc1NCC(=O)NNC(=O)c1ccnc2ccccc12. The van der Waals surface area contributed by atoms with Gasteiger partial charge in [0.25, 0.3) is 11.8 Å². The summed E-state index contributed by atoms with van der Waals surface area (Å²) in [4.78, 5) is 28.5. The molecule has 3 rings (SSSR count). The summed E-state index contributed by atoms with van der Waals surface area (Å²) in [5.41, 5.74) is 6.65. The van der Waals surface area contributed by atoms with Gasteiger partial charge in [-0.25, -0.2) is 0 Å². The predicted octanol–water partition coefficient (Wildman–Crippen LogP) is 2.12. The normalized spacial score (nSPS) is 10.2. The topological polar surface area (TPSA) is 92.4 Å². The molecular weight excluding hydrogens is 332 g/mol. The Balaban J connectivity index is 1.58. The molecule has 0 radical (unpaired) electrons. The second-order valence-electron chi connectivity index (χ2n) is 5.43. The van der Waals surface area contributed by atoms with Gasteiger partial charge in [0.1, 0.15) is 5.75 Å². The molecule has 0 bridgehead atoms. The second kappa shape index (κ2) is 7.98. The summed E-state index contributed by atoms with van der Waals surface area (Å²) in [6.45, 7) is -0.0161. The van der Waals surface area contributed by atoms with Crippen LogP contribution in [0.4, 0.5) is 5.69 Å². The van der Waals surface area contributed by atoms with Crippen LogP contribution in [0.15, 0.2) is 60.8 Å². The number of para-hydroxylation sites is 3. The molecule has 3 aromatic rings. The molecule has 0 unspecified atom stereocenters. The first kappa shape index (κ1) is 17.2. The van der Waals surface area contributed by atoms with Crippen molar-refractivity contribution in [3.05, 3.63) is 66.4 Å². The lowest BCUT2D eigenvalue weighted by Crippen LogP contribution is -2.44. The highest BCUT2D eigenvalue weighted by atomic mass is 16.5. The van der Waals surface area contributed by atoms with E-state index in [0.29, 0.717) is 27.9 Å².